The standard InChI is InChI=1S/C18H18BrFN4O2/c1-2-25-17-7-14(9-23-24-11-21-22-12-24)15(19)8-18(17)26-10-13-5-3-4-6-16(13)20/h3-8,11-12,23H,2,9-10H2,1H3. The molecule has 3 rings (SSSR count). The highest BCUT2D eigenvalue weighted by Gasteiger charge is 2.12. The second kappa shape index (κ2) is 8.66. The number of benzene rings is 2. The first kappa shape index (κ1) is 18.2. The molecule has 1 aromatic heterocycles. The SMILES string of the molecule is CCOc1cc(CNn2cnnc2)c(Br)cc1OCc1ccccc1F. The van der Waals surface area contributed by atoms with Gasteiger partial charge in [0.1, 0.15) is 25.1 Å². The number of nitrogens with one attached hydrogen (secondary N) is 1. The smallest absolute Gasteiger partial charge is 0.162 e. The van der Waals surface area contributed by atoms with Crippen LogP contribution in [0, 0.1) is 5.82 Å². The molecule has 8 heteroatoms. The number of halogens is 2. The molecular weight excluding hydrogens is 403 g/mol. The van der Waals surface area contributed by atoms with Crippen molar-refractivity contribution in [1.82, 2.24) is 14.9 Å². The van der Waals surface area contributed by atoms with Crippen LogP contribution in [0.15, 0.2) is 53.5 Å². The van der Waals surface area contributed by atoms with E-state index in [4.69, 9.17) is 9.47 Å². The predicted molar refractivity (Wildman–Crippen MR) is 99.1 cm³/mol. The first-order valence-corrected chi connectivity index (χ1v) is 8.86. The van der Waals surface area contributed by atoms with Gasteiger partial charge in [-0.25, -0.2) is 9.07 Å². The van der Waals surface area contributed by atoms with E-state index in [0.29, 0.717) is 30.2 Å². The summed E-state index contributed by atoms with van der Waals surface area (Å²) >= 11 is 3.55. The van der Waals surface area contributed by atoms with Crippen molar-refractivity contribution in [2.24, 2.45) is 0 Å². The summed E-state index contributed by atoms with van der Waals surface area (Å²) in [4.78, 5) is 0. The number of rotatable bonds is 8. The molecule has 1 heterocycles. The van der Waals surface area contributed by atoms with Crippen LogP contribution in [0.25, 0.3) is 0 Å². The lowest BCUT2D eigenvalue weighted by Gasteiger charge is -2.16. The summed E-state index contributed by atoms with van der Waals surface area (Å²) in [5.41, 5.74) is 4.61. The Morgan fingerprint density at radius 2 is 1.81 bits per heavy atom. The van der Waals surface area contributed by atoms with Crippen LogP contribution in [0.1, 0.15) is 18.1 Å². The van der Waals surface area contributed by atoms with E-state index in [9.17, 15) is 4.39 Å². The van der Waals surface area contributed by atoms with E-state index >= 15 is 0 Å². The van der Waals surface area contributed by atoms with E-state index in [2.05, 4.69) is 31.6 Å². The summed E-state index contributed by atoms with van der Waals surface area (Å²) in [7, 11) is 0. The average molecular weight is 421 g/mol. The number of nitrogens with zero attached hydrogens (tertiary/aromatic N) is 3. The van der Waals surface area contributed by atoms with Crippen LogP contribution >= 0.6 is 15.9 Å². The Morgan fingerprint density at radius 1 is 1.08 bits per heavy atom. The number of aromatic nitrogens is 3. The Labute approximate surface area is 159 Å². The van der Waals surface area contributed by atoms with Gasteiger partial charge in [0.25, 0.3) is 0 Å². The van der Waals surface area contributed by atoms with Crippen LogP contribution in [0.4, 0.5) is 4.39 Å². The van der Waals surface area contributed by atoms with E-state index in [1.807, 2.05) is 19.1 Å². The molecule has 3 aromatic rings. The van der Waals surface area contributed by atoms with Gasteiger partial charge in [0.15, 0.2) is 11.5 Å². The molecule has 6 nitrogen and oxygen atoms in total. The van der Waals surface area contributed by atoms with Crippen molar-refractivity contribution in [3.63, 3.8) is 0 Å². The summed E-state index contributed by atoms with van der Waals surface area (Å²) in [6, 6.07) is 10.3. The van der Waals surface area contributed by atoms with Gasteiger partial charge in [-0.1, -0.05) is 34.1 Å². The summed E-state index contributed by atoms with van der Waals surface area (Å²) < 4.78 is 27.8. The molecule has 0 radical (unpaired) electrons. The van der Waals surface area contributed by atoms with Crippen molar-refractivity contribution < 1.29 is 13.9 Å². The highest BCUT2D eigenvalue weighted by atomic mass is 79.9. The lowest BCUT2D eigenvalue weighted by atomic mass is 10.2. The lowest BCUT2D eigenvalue weighted by molar-refractivity contribution is 0.265. The monoisotopic (exact) mass is 420 g/mol. The van der Waals surface area contributed by atoms with Gasteiger partial charge in [-0.15, -0.1) is 10.2 Å². The molecule has 1 N–H and O–H groups in total. The molecule has 26 heavy (non-hydrogen) atoms. The molecule has 0 aliphatic rings. The van der Waals surface area contributed by atoms with Crippen LogP contribution < -0.4 is 14.9 Å². The van der Waals surface area contributed by atoms with Gasteiger partial charge in [0.2, 0.25) is 0 Å². The van der Waals surface area contributed by atoms with Gasteiger partial charge < -0.3 is 14.9 Å². The molecule has 2 aromatic carbocycles. The fraction of sp³-hybridized carbons (Fsp3) is 0.222. The minimum Gasteiger partial charge on any atom is -0.490 e. The maximum Gasteiger partial charge on any atom is 0.162 e. The van der Waals surface area contributed by atoms with Gasteiger partial charge in [-0.2, -0.15) is 0 Å². The molecule has 136 valence electrons. The third kappa shape index (κ3) is 4.51. The van der Waals surface area contributed by atoms with Crippen LogP contribution in [0.2, 0.25) is 0 Å². The minimum atomic E-state index is -0.292. The zero-order valence-electron chi connectivity index (χ0n) is 14.2. The van der Waals surface area contributed by atoms with Crippen LogP contribution in [-0.2, 0) is 13.2 Å². The van der Waals surface area contributed by atoms with E-state index < -0.39 is 0 Å². The molecule has 0 aliphatic heterocycles. The predicted octanol–water partition coefficient (Wildman–Crippen LogP) is 3.90. The highest BCUT2D eigenvalue weighted by molar-refractivity contribution is 9.10. The van der Waals surface area contributed by atoms with E-state index in [0.717, 1.165) is 10.0 Å². The summed E-state index contributed by atoms with van der Waals surface area (Å²) in [6.45, 7) is 3.05. The molecule has 0 unspecified atom stereocenters. The quantitative estimate of drug-likeness (QED) is 0.598. The third-order valence-corrected chi connectivity index (χ3v) is 4.36. The molecule has 0 saturated carbocycles. The van der Waals surface area contributed by atoms with Crippen molar-refractivity contribution in [2.75, 3.05) is 12.0 Å². The topological polar surface area (TPSA) is 61.2 Å². The zero-order valence-corrected chi connectivity index (χ0v) is 15.7. The lowest BCUT2D eigenvalue weighted by Crippen LogP contribution is -2.13. The molecule has 0 atom stereocenters. The van der Waals surface area contributed by atoms with Gasteiger partial charge in [-0.05, 0) is 30.7 Å². The van der Waals surface area contributed by atoms with Crippen molar-refractivity contribution in [1.29, 1.82) is 0 Å². The maximum absolute atomic E-state index is 13.8. The third-order valence-electron chi connectivity index (χ3n) is 3.62. The normalized spacial score (nSPS) is 10.6. The first-order valence-electron chi connectivity index (χ1n) is 8.07. The summed E-state index contributed by atoms with van der Waals surface area (Å²) in [5.74, 6) is 0.863. The van der Waals surface area contributed by atoms with Gasteiger partial charge >= 0.3 is 0 Å². The fourth-order valence-electron chi connectivity index (χ4n) is 2.32. The summed E-state index contributed by atoms with van der Waals surface area (Å²) in [6.07, 6.45) is 3.15. The van der Waals surface area contributed by atoms with E-state index in [1.54, 1.807) is 35.5 Å². The second-order valence-electron chi connectivity index (χ2n) is 5.41. The van der Waals surface area contributed by atoms with Crippen LogP contribution in [0.5, 0.6) is 11.5 Å². The maximum atomic E-state index is 13.8. The van der Waals surface area contributed by atoms with Crippen molar-refractivity contribution in [3.05, 3.63) is 70.5 Å². The Kier molecular flexibility index (Phi) is 6.06. The first-order chi connectivity index (χ1) is 12.7. The Bertz CT molecular complexity index is 858. The van der Waals surface area contributed by atoms with Crippen LogP contribution in [-0.4, -0.2) is 21.5 Å². The van der Waals surface area contributed by atoms with Gasteiger partial charge in [0.05, 0.1) is 13.2 Å². The molecule has 0 amide bonds. The van der Waals surface area contributed by atoms with Crippen LogP contribution in [0.3, 0.4) is 0 Å². The van der Waals surface area contributed by atoms with E-state index in [-0.39, 0.29) is 12.4 Å². The minimum absolute atomic E-state index is 0.123. The molecular formula is C18H18BrFN4O2. The number of hydrogen-bond donors (Lipinski definition) is 1. The molecule has 0 fully saturated rings. The van der Waals surface area contributed by atoms with Crippen molar-refractivity contribution in [3.8, 4) is 11.5 Å². The van der Waals surface area contributed by atoms with Crippen molar-refractivity contribution in [2.45, 2.75) is 20.1 Å². The highest BCUT2D eigenvalue weighted by Crippen LogP contribution is 2.34. The largest absolute Gasteiger partial charge is 0.490 e. The molecule has 0 bridgehead atoms. The van der Waals surface area contributed by atoms with E-state index in [1.165, 1.54) is 6.07 Å². The number of hydrogen-bond acceptors (Lipinski definition) is 5. The molecule has 0 saturated heterocycles. The summed E-state index contributed by atoms with van der Waals surface area (Å²) in [5, 5.41) is 7.48. The Morgan fingerprint density at radius 3 is 2.54 bits per heavy atom. The zero-order chi connectivity index (χ0) is 18.4. The second-order valence-corrected chi connectivity index (χ2v) is 6.26. The molecule has 0 spiro atoms. The van der Waals surface area contributed by atoms with Gasteiger partial charge in [-0.3, -0.25) is 0 Å². The molecule has 0 aliphatic carbocycles. The fourth-order valence-corrected chi connectivity index (χ4v) is 2.79. The van der Waals surface area contributed by atoms with Crippen molar-refractivity contribution >= 4 is 15.9 Å². The Hall–Kier alpha value is -2.61. The Balaban J connectivity index is 1.76. The number of ether oxygens (including phenoxy) is 2. The average Bonchev–Trinajstić information content (AvgIpc) is 3.15. The van der Waals surface area contributed by atoms with Gasteiger partial charge in [0, 0.05) is 10.0 Å².